The molecule has 2 aromatic rings. The van der Waals surface area contributed by atoms with Crippen LogP contribution in [0, 0.1) is 0 Å². The van der Waals surface area contributed by atoms with Crippen molar-refractivity contribution in [1.82, 2.24) is 9.80 Å². The minimum absolute atomic E-state index is 0.000547. The number of nitrogens with zero attached hydrogens (tertiary/aromatic N) is 2. The molecule has 0 N–H and O–H groups in total. The summed E-state index contributed by atoms with van der Waals surface area (Å²) in [6.07, 6.45) is 2.04. The normalized spacial score (nSPS) is 18.0. The third-order valence-electron chi connectivity index (χ3n) is 4.55. The molecule has 3 rings (SSSR count). The summed E-state index contributed by atoms with van der Waals surface area (Å²) >= 11 is 7.57. The van der Waals surface area contributed by atoms with Gasteiger partial charge < -0.3 is 4.90 Å². The van der Waals surface area contributed by atoms with Crippen molar-refractivity contribution in [2.75, 3.05) is 13.1 Å². The molecule has 1 aromatic carbocycles. The van der Waals surface area contributed by atoms with Gasteiger partial charge in [0.15, 0.2) is 0 Å². The molecule has 1 unspecified atom stereocenters. The zero-order valence-electron chi connectivity index (χ0n) is 14.0. The van der Waals surface area contributed by atoms with E-state index < -0.39 is 0 Å². The van der Waals surface area contributed by atoms with Crippen molar-refractivity contribution in [3.63, 3.8) is 0 Å². The van der Waals surface area contributed by atoms with Crippen LogP contribution in [0.2, 0.25) is 4.34 Å². The Labute approximate surface area is 152 Å². The predicted octanol–water partition coefficient (Wildman–Crippen LogP) is 4.41. The maximum atomic E-state index is 13.0. The highest BCUT2D eigenvalue weighted by atomic mass is 35.5. The molecule has 0 spiro atoms. The Bertz CT molecular complexity index is 673. The molecule has 2 heterocycles. The molecule has 1 aromatic heterocycles. The van der Waals surface area contributed by atoms with Crippen molar-refractivity contribution >= 4 is 28.8 Å². The average molecular weight is 363 g/mol. The number of likely N-dealkylation sites (tertiary alicyclic amines) is 1. The Morgan fingerprint density at radius 1 is 1.29 bits per heavy atom. The van der Waals surface area contributed by atoms with E-state index in [0.717, 1.165) is 41.7 Å². The Morgan fingerprint density at radius 2 is 2.08 bits per heavy atom. The van der Waals surface area contributed by atoms with E-state index >= 15 is 0 Å². The van der Waals surface area contributed by atoms with Gasteiger partial charge in [-0.1, -0.05) is 41.9 Å². The van der Waals surface area contributed by atoms with E-state index in [0.29, 0.717) is 6.54 Å². The zero-order chi connectivity index (χ0) is 16.9. The van der Waals surface area contributed by atoms with Crippen molar-refractivity contribution in [2.45, 2.75) is 38.9 Å². The van der Waals surface area contributed by atoms with Gasteiger partial charge in [-0.15, -0.1) is 11.3 Å². The number of carbonyl (C=O) groups is 1. The second-order valence-corrected chi connectivity index (χ2v) is 7.97. The average Bonchev–Trinajstić information content (AvgIpc) is 3.22. The van der Waals surface area contributed by atoms with Crippen LogP contribution in [0.5, 0.6) is 0 Å². The van der Waals surface area contributed by atoms with Crippen LogP contribution >= 0.6 is 22.9 Å². The van der Waals surface area contributed by atoms with E-state index in [9.17, 15) is 4.79 Å². The quantitative estimate of drug-likeness (QED) is 0.759. The van der Waals surface area contributed by atoms with Crippen LogP contribution in [0.25, 0.3) is 0 Å². The molecule has 1 aliphatic rings. The summed E-state index contributed by atoms with van der Waals surface area (Å²) in [5, 5.41) is 0. The van der Waals surface area contributed by atoms with Crippen LogP contribution in [0.15, 0.2) is 42.5 Å². The third-order valence-corrected chi connectivity index (χ3v) is 5.76. The summed E-state index contributed by atoms with van der Waals surface area (Å²) in [6.45, 7) is 5.27. The van der Waals surface area contributed by atoms with Gasteiger partial charge in [0.05, 0.1) is 16.9 Å². The van der Waals surface area contributed by atoms with Gasteiger partial charge in [0.2, 0.25) is 5.91 Å². The van der Waals surface area contributed by atoms with Gasteiger partial charge in [-0.3, -0.25) is 9.69 Å². The molecular weight excluding hydrogens is 340 g/mol. The number of rotatable bonds is 6. The topological polar surface area (TPSA) is 23.6 Å². The van der Waals surface area contributed by atoms with Gasteiger partial charge in [0.25, 0.3) is 0 Å². The summed E-state index contributed by atoms with van der Waals surface area (Å²) in [5.41, 5.74) is 1.27. The van der Waals surface area contributed by atoms with Crippen molar-refractivity contribution in [2.24, 2.45) is 0 Å². The molecule has 1 saturated heterocycles. The SMILES string of the molecule is CCN(Cc1ccc(Cl)s1)C(=O)C1CCCN1Cc1ccccc1. The first-order chi connectivity index (χ1) is 11.7. The first-order valence-corrected chi connectivity index (χ1v) is 9.68. The van der Waals surface area contributed by atoms with Gasteiger partial charge in [-0.25, -0.2) is 0 Å². The van der Waals surface area contributed by atoms with E-state index in [1.165, 1.54) is 5.56 Å². The molecule has 3 nitrogen and oxygen atoms in total. The fraction of sp³-hybridized carbons (Fsp3) is 0.421. The fourth-order valence-corrected chi connectivity index (χ4v) is 4.40. The van der Waals surface area contributed by atoms with Gasteiger partial charge >= 0.3 is 0 Å². The minimum Gasteiger partial charge on any atom is -0.336 e. The summed E-state index contributed by atoms with van der Waals surface area (Å²) < 4.78 is 0.778. The van der Waals surface area contributed by atoms with Crippen molar-refractivity contribution < 1.29 is 4.79 Å². The smallest absolute Gasteiger partial charge is 0.240 e. The third kappa shape index (κ3) is 4.18. The van der Waals surface area contributed by atoms with Crippen LogP contribution in [0.3, 0.4) is 0 Å². The maximum absolute atomic E-state index is 13.0. The van der Waals surface area contributed by atoms with E-state index in [1.807, 2.05) is 30.0 Å². The summed E-state index contributed by atoms with van der Waals surface area (Å²) in [6, 6.07) is 14.3. The zero-order valence-corrected chi connectivity index (χ0v) is 15.5. The van der Waals surface area contributed by atoms with Gasteiger partial charge in [0.1, 0.15) is 0 Å². The monoisotopic (exact) mass is 362 g/mol. The number of likely N-dealkylation sites (N-methyl/N-ethyl adjacent to an activating group) is 1. The highest BCUT2D eigenvalue weighted by Crippen LogP contribution is 2.25. The first-order valence-electron chi connectivity index (χ1n) is 8.48. The number of hydrogen-bond acceptors (Lipinski definition) is 3. The lowest BCUT2D eigenvalue weighted by Gasteiger charge is -2.29. The Kier molecular flexibility index (Phi) is 5.93. The van der Waals surface area contributed by atoms with Gasteiger partial charge in [-0.05, 0) is 44.0 Å². The van der Waals surface area contributed by atoms with Crippen molar-refractivity contribution in [3.05, 3.63) is 57.2 Å². The second kappa shape index (κ2) is 8.15. The van der Waals surface area contributed by atoms with Gasteiger partial charge in [0, 0.05) is 18.0 Å². The Hall–Kier alpha value is -1.36. The lowest BCUT2D eigenvalue weighted by Crippen LogP contribution is -2.44. The number of carbonyl (C=O) groups excluding carboxylic acids is 1. The Balaban J connectivity index is 1.67. The predicted molar refractivity (Wildman–Crippen MR) is 100 cm³/mol. The molecule has 1 amide bonds. The highest BCUT2D eigenvalue weighted by molar-refractivity contribution is 7.16. The number of thiophene rings is 1. The minimum atomic E-state index is 0.000547. The molecule has 0 bridgehead atoms. The summed E-state index contributed by atoms with van der Waals surface area (Å²) in [7, 11) is 0. The van der Waals surface area contributed by atoms with Crippen LogP contribution in [0.1, 0.15) is 30.2 Å². The first kappa shape index (κ1) is 17.5. The van der Waals surface area contributed by atoms with E-state index in [2.05, 4.69) is 29.2 Å². The molecule has 1 aliphatic heterocycles. The molecule has 24 heavy (non-hydrogen) atoms. The van der Waals surface area contributed by atoms with E-state index in [-0.39, 0.29) is 11.9 Å². The lowest BCUT2D eigenvalue weighted by atomic mass is 10.1. The fourth-order valence-electron chi connectivity index (χ4n) is 3.29. The van der Waals surface area contributed by atoms with E-state index in [4.69, 9.17) is 11.6 Å². The number of benzene rings is 1. The maximum Gasteiger partial charge on any atom is 0.240 e. The van der Waals surface area contributed by atoms with Crippen LogP contribution in [0.4, 0.5) is 0 Å². The molecule has 128 valence electrons. The largest absolute Gasteiger partial charge is 0.336 e. The highest BCUT2D eigenvalue weighted by Gasteiger charge is 2.33. The second-order valence-electron chi connectivity index (χ2n) is 6.17. The summed E-state index contributed by atoms with van der Waals surface area (Å²) in [4.78, 5) is 18.5. The van der Waals surface area contributed by atoms with Gasteiger partial charge in [-0.2, -0.15) is 0 Å². The van der Waals surface area contributed by atoms with Crippen LogP contribution in [-0.4, -0.2) is 34.8 Å². The molecule has 1 fully saturated rings. The van der Waals surface area contributed by atoms with Crippen LogP contribution in [-0.2, 0) is 17.9 Å². The molecule has 0 radical (unpaired) electrons. The van der Waals surface area contributed by atoms with E-state index in [1.54, 1.807) is 11.3 Å². The molecular formula is C19H23ClN2OS. The van der Waals surface area contributed by atoms with Crippen molar-refractivity contribution in [3.8, 4) is 0 Å². The van der Waals surface area contributed by atoms with Crippen LogP contribution < -0.4 is 0 Å². The molecule has 0 aliphatic carbocycles. The lowest BCUT2D eigenvalue weighted by molar-refractivity contribution is -0.136. The van der Waals surface area contributed by atoms with Crippen molar-refractivity contribution in [1.29, 1.82) is 0 Å². The molecule has 0 saturated carbocycles. The number of amides is 1. The summed E-state index contributed by atoms with van der Waals surface area (Å²) in [5.74, 6) is 0.246. The number of hydrogen-bond donors (Lipinski definition) is 0. The Morgan fingerprint density at radius 3 is 2.75 bits per heavy atom. The molecule has 5 heteroatoms. The molecule has 1 atom stereocenters. The number of halogens is 1. The standard InChI is InChI=1S/C19H23ClN2OS/c1-2-21(14-16-10-11-18(20)24-16)19(23)17-9-6-12-22(17)13-15-7-4-3-5-8-15/h3-5,7-8,10-11,17H,2,6,9,12-14H2,1H3.